The SMILES string of the molecule is Cc1cc2[n-]c1/C=C1\[N-]/C(=C3\c4[n-]c(c(C)c4C(=O)[C@@H]3C)/C=c3/cc/c([n-]3)=C/2)C[C@@H]1C.[Mg+2]. The minimum Gasteiger partial charge on any atom is -0.664 e. The third-order valence-electron chi connectivity index (χ3n) is 6.70. The van der Waals surface area contributed by atoms with Crippen LogP contribution in [0.2, 0.25) is 0 Å². The van der Waals surface area contributed by atoms with E-state index in [0.29, 0.717) is 0 Å². The zero-order chi connectivity index (χ0) is 21.4. The van der Waals surface area contributed by atoms with Crippen molar-refractivity contribution in [3.05, 3.63) is 85.1 Å². The normalized spacial score (nSPS) is 27.0. The molecule has 5 heterocycles. The molecule has 3 aliphatic rings. The summed E-state index contributed by atoms with van der Waals surface area (Å²) in [5.74, 6) is 0.207. The minimum absolute atomic E-state index is 0. The Bertz CT molecular complexity index is 1460. The van der Waals surface area contributed by atoms with Crippen LogP contribution in [0.4, 0.5) is 0 Å². The van der Waals surface area contributed by atoms with Crippen molar-refractivity contribution in [2.75, 3.05) is 0 Å². The number of fused-ring (bicyclic) bond motifs is 7. The second-order valence-electron chi connectivity index (χ2n) is 8.91. The molecular weight excluding hydrogens is 409 g/mol. The van der Waals surface area contributed by atoms with Gasteiger partial charge in [-0.15, -0.1) is 33.5 Å². The van der Waals surface area contributed by atoms with Crippen molar-refractivity contribution >= 4 is 52.6 Å². The van der Waals surface area contributed by atoms with E-state index in [1.807, 2.05) is 38.1 Å². The van der Waals surface area contributed by atoms with Crippen LogP contribution in [0.15, 0.2) is 29.6 Å². The van der Waals surface area contributed by atoms with Crippen molar-refractivity contribution in [3.63, 3.8) is 0 Å². The van der Waals surface area contributed by atoms with Crippen molar-refractivity contribution in [1.82, 2.24) is 15.0 Å². The first-order chi connectivity index (χ1) is 14.9. The van der Waals surface area contributed by atoms with E-state index in [9.17, 15) is 4.79 Å². The first kappa shape index (κ1) is 21.2. The first-order valence-electron chi connectivity index (χ1n) is 10.7. The number of aromatic nitrogens is 3. The molecule has 6 rings (SSSR count). The summed E-state index contributed by atoms with van der Waals surface area (Å²) in [6.07, 6.45) is 6.86. The number of carbonyl (C=O) groups excluding carboxylic acids is 1. The summed E-state index contributed by atoms with van der Waals surface area (Å²) < 4.78 is 0. The van der Waals surface area contributed by atoms with Crippen LogP contribution in [0.5, 0.6) is 0 Å². The molecule has 0 unspecified atom stereocenters. The molecule has 0 amide bonds. The minimum atomic E-state index is -0.210. The van der Waals surface area contributed by atoms with E-state index in [2.05, 4.69) is 26.0 Å². The molecule has 156 valence electrons. The van der Waals surface area contributed by atoms with E-state index in [0.717, 1.165) is 73.6 Å². The fourth-order valence-corrected chi connectivity index (χ4v) is 4.96. The van der Waals surface area contributed by atoms with E-state index in [1.165, 1.54) is 0 Å². The van der Waals surface area contributed by atoms with Crippen LogP contribution in [0.1, 0.15) is 64.5 Å². The van der Waals surface area contributed by atoms with Gasteiger partial charge >= 0.3 is 23.1 Å². The predicted molar refractivity (Wildman–Crippen MR) is 126 cm³/mol. The number of rotatable bonds is 0. The fourth-order valence-electron chi connectivity index (χ4n) is 4.96. The van der Waals surface area contributed by atoms with E-state index < -0.39 is 0 Å². The molecule has 1 saturated heterocycles. The molecule has 0 N–H and O–H groups in total. The standard InChI is InChI=1S/C26H23N4O.Mg/c1-12-7-18-9-16-5-6-17(27-16)10-21-14(3)24-25(30-21)23(15(4)26(24)31)22-8-13(2)20(29-22)11-19(12)28-18;/h5-7,9-11,13,15H,8H2,1-4H3,(H-,29,30,31);/q-3;+2/p-1/b16-9-,17-10-,20-11-;/t13-,15+;/m0./s1. The molecule has 1 fully saturated rings. The third-order valence-corrected chi connectivity index (χ3v) is 6.70. The average molecular weight is 431 g/mol. The first-order valence-corrected chi connectivity index (χ1v) is 10.7. The van der Waals surface area contributed by atoms with E-state index in [1.54, 1.807) is 0 Å². The van der Waals surface area contributed by atoms with E-state index >= 15 is 0 Å². The Hall–Kier alpha value is -2.70. The Kier molecular flexibility index (Phi) is 4.91. The maximum atomic E-state index is 13.2. The summed E-state index contributed by atoms with van der Waals surface area (Å²) in [7, 11) is 0. The Labute approximate surface area is 202 Å². The smallest absolute Gasteiger partial charge is 0.664 e. The maximum Gasteiger partial charge on any atom is 2.00 e. The van der Waals surface area contributed by atoms with Crippen LogP contribution in [-0.2, 0) is 0 Å². The van der Waals surface area contributed by atoms with Crippen LogP contribution < -0.4 is 25.7 Å². The maximum absolute atomic E-state index is 13.2. The molecule has 0 radical (unpaired) electrons. The molecular formula is C26H22MgN4O-2. The molecule has 3 aromatic heterocycles. The molecule has 0 spiro atoms. The van der Waals surface area contributed by atoms with Gasteiger partial charge in [0, 0.05) is 11.5 Å². The molecule has 0 saturated carbocycles. The van der Waals surface area contributed by atoms with Crippen LogP contribution >= 0.6 is 0 Å². The van der Waals surface area contributed by atoms with Gasteiger partial charge in [0.1, 0.15) is 0 Å². The molecule has 2 aliphatic heterocycles. The number of carbonyl (C=O) groups is 1. The summed E-state index contributed by atoms with van der Waals surface area (Å²) >= 11 is 0. The Balaban J connectivity index is 0.00000216. The van der Waals surface area contributed by atoms with Gasteiger partial charge in [0.05, 0.1) is 0 Å². The Morgan fingerprint density at radius 2 is 1.69 bits per heavy atom. The largest absolute Gasteiger partial charge is 2.00 e. The third kappa shape index (κ3) is 3.08. The van der Waals surface area contributed by atoms with Crippen LogP contribution in [0.3, 0.4) is 0 Å². The summed E-state index contributed by atoms with van der Waals surface area (Å²) in [6, 6.07) is 6.04. The van der Waals surface area contributed by atoms with Gasteiger partial charge in [0.25, 0.3) is 0 Å². The molecule has 8 bridgehead atoms. The van der Waals surface area contributed by atoms with Gasteiger partial charge in [-0.3, -0.25) is 4.79 Å². The monoisotopic (exact) mass is 430 g/mol. The van der Waals surface area contributed by atoms with Gasteiger partial charge in [-0.25, -0.2) is 0 Å². The molecule has 5 nitrogen and oxygen atoms in total. The molecule has 3 aromatic rings. The van der Waals surface area contributed by atoms with Crippen LogP contribution in [-0.4, -0.2) is 28.8 Å². The van der Waals surface area contributed by atoms with Gasteiger partial charge in [-0.1, -0.05) is 67.0 Å². The number of hydrogen-bond donors (Lipinski definition) is 0. The van der Waals surface area contributed by atoms with Gasteiger partial charge in [0.2, 0.25) is 0 Å². The topological polar surface area (TPSA) is 73.5 Å². The summed E-state index contributed by atoms with van der Waals surface area (Å²) in [4.78, 5) is 27.6. The van der Waals surface area contributed by atoms with E-state index in [-0.39, 0.29) is 40.7 Å². The number of aryl methyl sites for hydroxylation is 1. The summed E-state index contributed by atoms with van der Waals surface area (Å²) in [5, 5.41) is 6.68. The van der Waals surface area contributed by atoms with Crippen LogP contribution in [0, 0.1) is 25.7 Å². The molecule has 6 heteroatoms. The summed E-state index contributed by atoms with van der Waals surface area (Å²) in [6.45, 7) is 8.22. The van der Waals surface area contributed by atoms with Gasteiger partial charge in [0.15, 0.2) is 5.78 Å². The molecule has 1 aliphatic carbocycles. The Morgan fingerprint density at radius 1 is 0.938 bits per heavy atom. The number of Topliss-reactive ketones (excluding diaryl/α,β-unsaturated/α-hetero) is 1. The second-order valence-corrected chi connectivity index (χ2v) is 8.91. The molecule has 0 aromatic carbocycles. The molecule has 32 heavy (non-hydrogen) atoms. The fraction of sp³-hybridized carbons (Fsp3) is 0.269. The second kappa shape index (κ2) is 7.42. The zero-order valence-electron chi connectivity index (χ0n) is 18.7. The van der Waals surface area contributed by atoms with Crippen molar-refractivity contribution in [2.45, 2.75) is 34.1 Å². The summed E-state index contributed by atoms with van der Waals surface area (Å²) in [5.41, 5.74) is 9.25. The zero-order valence-corrected chi connectivity index (χ0v) is 20.1. The number of allylic oxidation sites excluding steroid dienone is 3. The van der Waals surface area contributed by atoms with Gasteiger partial charge in [-0.05, 0) is 26.2 Å². The van der Waals surface area contributed by atoms with Crippen molar-refractivity contribution in [1.29, 1.82) is 0 Å². The quantitative estimate of drug-likeness (QED) is 0.514. The van der Waals surface area contributed by atoms with Crippen molar-refractivity contribution < 1.29 is 4.79 Å². The average Bonchev–Trinajstić information content (AvgIpc) is 3.49. The van der Waals surface area contributed by atoms with Crippen molar-refractivity contribution in [3.8, 4) is 0 Å². The Morgan fingerprint density at radius 3 is 2.47 bits per heavy atom. The predicted octanol–water partition coefficient (Wildman–Crippen LogP) is 2.76. The van der Waals surface area contributed by atoms with Gasteiger partial charge in [-0.2, -0.15) is 11.4 Å². The van der Waals surface area contributed by atoms with E-state index in [4.69, 9.17) is 20.3 Å². The number of nitrogens with zero attached hydrogens (tertiary/aromatic N) is 4. The molecule has 2 atom stereocenters. The van der Waals surface area contributed by atoms with Crippen LogP contribution in [0.25, 0.3) is 29.1 Å². The van der Waals surface area contributed by atoms with Crippen molar-refractivity contribution in [2.24, 2.45) is 11.8 Å². The van der Waals surface area contributed by atoms with Gasteiger partial charge < -0.3 is 20.3 Å². The number of hydrogen-bond acceptors (Lipinski definition) is 1. The number of ketones is 1.